The molecular weight excluding hydrogens is 508 g/mol. The lowest BCUT2D eigenvalue weighted by molar-refractivity contribution is 0.0943. The fraction of sp³-hybridized carbons (Fsp3) is 0.257. The second-order valence-electron chi connectivity index (χ2n) is 11.3. The van der Waals surface area contributed by atoms with Gasteiger partial charge in [0.1, 0.15) is 11.5 Å². The molecule has 41 heavy (non-hydrogen) atoms. The van der Waals surface area contributed by atoms with Crippen LogP contribution in [0.3, 0.4) is 0 Å². The van der Waals surface area contributed by atoms with Crippen LogP contribution in [0.2, 0.25) is 0 Å². The minimum Gasteiger partial charge on any atom is -0.457 e. The van der Waals surface area contributed by atoms with Gasteiger partial charge in [0, 0.05) is 24.2 Å². The third kappa shape index (κ3) is 4.95. The Morgan fingerprint density at radius 1 is 0.854 bits per heavy atom. The number of nitrogens with one attached hydrogen (secondary N) is 1. The van der Waals surface area contributed by atoms with Crippen molar-refractivity contribution in [1.82, 2.24) is 10.2 Å². The summed E-state index contributed by atoms with van der Waals surface area (Å²) >= 11 is 0. The molecule has 1 aliphatic heterocycles. The Hall–Kier alpha value is -4.58. The minimum atomic E-state index is -0.150. The van der Waals surface area contributed by atoms with Crippen molar-refractivity contribution in [2.45, 2.75) is 44.7 Å². The van der Waals surface area contributed by atoms with E-state index in [1.54, 1.807) is 0 Å². The van der Waals surface area contributed by atoms with Crippen molar-refractivity contribution in [3.05, 3.63) is 113 Å². The van der Waals surface area contributed by atoms with Crippen LogP contribution in [0.15, 0.2) is 96.0 Å². The molecule has 1 unspecified atom stereocenters. The smallest absolute Gasteiger partial charge is 0.251 e. The Bertz CT molecular complexity index is 1620. The number of nitrogens with two attached hydrogens (primary N) is 1. The van der Waals surface area contributed by atoms with Crippen LogP contribution >= 0.6 is 0 Å². The number of para-hydroxylation sites is 1. The maximum Gasteiger partial charge on any atom is 0.251 e. The van der Waals surface area contributed by atoms with Crippen LogP contribution in [-0.2, 0) is 6.54 Å². The summed E-state index contributed by atoms with van der Waals surface area (Å²) < 4.78 is 6.11. The summed E-state index contributed by atoms with van der Waals surface area (Å²) in [7, 11) is 0. The Balaban J connectivity index is 1.19. The Morgan fingerprint density at radius 3 is 2.49 bits per heavy atom. The van der Waals surface area contributed by atoms with Crippen molar-refractivity contribution in [2.75, 3.05) is 6.54 Å². The zero-order valence-corrected chi connectivity index (χ0v) is 23.1. The van der Waals surface area contributed by atoms with Gasteiger partial charge < -0.3 is 20.7 Å². The molecule has 1 atom stereocenters. The number of guanidine groups is 1. The summed E-state index contributed by atoms with van der Waals surface area (Å²) in [6.07, 6.45) is 6.25. The molecule has 4 aromatic rings. The maximum absolute atomic E-state index is 13.3. The van der Waals surface area contributed by atoms with Gasteiger partial charge in [0.05, 0.1) is 11.7 Å². The lowest BCUT2D eigenvalue weighted by atomic mass is 9.89. The molecule has 4 aromatic carbocycles. The summed E-state index contributed by atoms with van der Waals surface area (Å²) in [6, 6.07) is 30.1. The fourth-order valence-electron chi connectivity index (χ4n) is 6.55. The van der Waals surface area contributed by atoms with E-state index in [9.17, 15) is 4.79 Å². The van der Waals surface area contributed by atoms with E-state index in [0.717, 1.165) is 40.4 Å². The first-order valence-electron chi connectivity index (χ1n) is 14.6. The SMILES string of the molecule is NC1=Nc2ccc(Oc3ccccc3)cc2CN1C1c2ccccc2-c2ccc(C(=O)NCC3CCCCC3)cc21. The average Bonchev–Trinajstić information content (AvgIpc) is 3.34. The lowest BCUT2D eigenvalue weighted by Gasteiger charge is -2.34. The monoisotopic (exact) mass is 542 g/mol. The molecule has 1 heterocycles. The molecule has 3 aliphatic rings. The summed E-state index contributed by atoms with van der Waals surface area (Å²) in [5, 5.41) is 3.21. The molecule has 0 spiro atoms. The third-order valence-electron chi connectivity index (χ3n) is 8.64. The highest BCUT2D eigenvalue weighted by atomic mass is 16.5. The third-order valence-corrected chi connectivity index (χ3v) is 8.64. The number of amides is 1. The second-order valence-corrected chi connectivity index (χ2v) is 11.3. The normalized spacial score (nSPS) is 17.7. The molecule has 0 aromatic heterocycles. The molecule has 7 rings (SSSR count). The van der Waals surface area contributed by atoms with E-state index in [4.69, 9.17) is 15.5 Å². The topological polar surface area (TPSA) is 80.0 Å². The molecule has 0 saturated heterocycles. The van der Waals surface area contributed by atoms with Gasteiger partial charge in [0.2, 0.25) is 0 Å². The quantitative estimate of drug-likeness (QED) is 0.268. The van der Waals surface area contributed by atoms with Crippen molar-refractivity contribution in [3.63, 3.8) is 0 Å². The molecule has 1 amide bonds. The number of rotatable bonds is 6. The van der Waals surface area contributed by atoms with Gasteiger partial charge in [-0.1, -0.05) is 67.8 Å². The van der Waals surface area contributed by atoms with E-state index in [-0.39, 0.29) is 11.9 Å². The van der Waals surface area contributed by atoms with Gasteiger partial charge in [-0.15, -0.1) is 0 Å². The first kappa shape index (κ1) is 25.4. The van der Waals surface area contributed by atoms with Crippen molar-refractivity contribution in [2.24, 2.45) is 16.6 Å². The zero-order chi connectivity index (χ0) is 27.8. The van der Waals surface area contributed by atoms with Crippen molar-refractivity contribution in [1.29, 1.82) is 0 Å². The van der Waals surface area contributed by atoms with Gasteiger partial charge in [-0.2, -0.15) is 0 Å². The first-order chi connectivity index (χ1) is 20.1. The van der Waals surface area contributed by atoms with Crippen molar-refractivity contribution < 1.29 is 9.53 Å². The van der Waals surface area contributed by atoms with E-state index in [1.807, 2.05) is 60.7 Å². The number of carbonyl (C=O) groups is 1. The molecule has 1 saturated carbocycles. The Morgan fingerprint density at radius 2 is 1.63 bits per heavy atom. The van der Waals surface area contributed by atoms with Crippen LogP contribution in [0.4, 0.5) is 5.69 Å². The van der Waals surface area contributed by atoms with E-state index in [2.05, 4.69) is 40.5 Å². The van der Waals surface area contributed by atoms with Gasteiger partial charge in [0.25, 0.3) is 5.91 Å². The number of hydrogen-bond acceptors (Lipinski definition) is 5. The van der Waals surface area contributed by atoms with Crippen LogP contribution < -0.4 is 15.8 Å². The van der Waals surface area contributed by atoms with E-state index in [1.165, 1.54) is 43.2 Å². The van der Waals surface area contributed by atoms with Crippen LogP contribution in [0.1, 0.15) is 65.2 Å². The lowest BCUT2D eigenvalue weighted by Crippen LogP contribution is -2.41. The van der Waals surface area contributed by atoms with Crippen LogP contribution in [0, 0.1) is 5.92 Å². The highest BCUT2D eigenvalue weighted by Crippen LogP contribution is 2.48. The number of nitrogens with zero attached hydrogens (tertiary/aromatic N) is 2. The Labute approximate surface area is 240 Å². The first-order valence-corrected chi connectivity index (χ1v) is 14.6. The van der Waals surface area contributed by atoms with Gasteiger partial charge in [0.15, 0.2) is 5.96 Å². The van der Waals surface area contributed by atoms with Crippen LogP contribution in [0.5, 0.6) is 11.5 Å². The summed E-state index contributed by atoms with van der Waals surface area (Å²) in [5.41, 5.74) is 13.8. The standard InChI is InChI=1S/C35H34N4O2/c36-35-38-32-18-16-27(41-26-11-5-2-6-12-26)19-25(32)22-39(35)33-30-14-8-7-13-28(30)29-17-15-24(20-31(29)33)34(40)37-21-23-9-3-1-4-10-23/h2,5-8,11-20,23,33H,1,3-4,9-10,21-22H2,(H2,36,38)(H,37,40). The number of fused-ring (bicyclic) bond motifs is 4. The highest BCUT2D eigenvalue weighted by Gasteiger charge is 2.36. The highest BCUT2D eigenvalue weighted by molar-refractivity contribution is 5.96. The zero-order valence-electron chi connectivity index (χ0n) is 23.1. The van der Waals surface area contributed by atoms with E-state index >= 15 is 0 Å². The average molecular weight is 543 g/mol. The number of aliphatic imine (C=N–C) groups is 1. The van der Waals surface area contributed by atoms with Gasteiger partial charge in [-0.25, -0.2) is 4.99 Å². The number of ether oxygens (including phenoxy) is 1. The molecule has 1 fully saturated rings. The molecule has 0 radical (unpaired) electrons. The van der Waals surface area contributed by atoms with Crippen molar-refractivity contribution >= 4 is 17.6 Å². The predicted molar refractivity (Wildman–Crippen MR) is 162 cm³/mol. The maximum atomic E-state index is 13.3. The van der Waals surface area contributed by atoms with Crippen LogP contribution in [-0.4, -0.2) is 23.3 Å². The summed E-state index contributed by atoms with van der Waals surface area (Å²) in [4.78, 5) is 20.2. The summed E-state index contributed by atoms with van der Waals surface area (Å²) in [6.45, 7) is 1.32. The van der Waals surface area contributed by atoms with Gasteiger partial charge in [-0.3, -0.25) is 4.79 Å². The summed E-state index contributed by atoms with van der Waals surface area (Å²) in [5.74, 6) is 2.58. The van der Waals surface area contributed by atoms with Crippen molar-refractivity contribution in [3.8, 4) is 22.6 Å². The molecule has 206 valence electrons. The molecule has 3 N–H and O–H groups in total. The molecule has 6 heteroatoms. The minimum absolute atomic E-state index is 0.0126. The molecule has 2 aliphatic carbocycles. The van der Waals surface area contributed by atoms with Gasteiger partial charge in [-0.05, 0) is 83.5 Å². The molecular formula is C35H34N4O2. The fourth-order valence-corrected chi connectivity index (χ4v) is 6.55. The number of hydrogen-bond donors (Lipinski definition) is 2. The van der Waals surface area contributed by atoms with E-state index in [0.29, 0.717) is 24.0 Å². The molecule has 0 bridgehead atoms. The van der Waals surface area contributed by atoms with E-state index < -0.39 is 0 Å². The number of benzene rings is 4. The second kappa shape index (κ2) is 10.8. The van der Waals surface area contributed by atoms with Crippen LogP contribution in [0.25, 0.3) is 11.1 Å². The van der Waals surface area contributed by atoms with Gasteiger partial charge >= 0.3 is 0 Å². The largest absolute Gasteiger partial charge is 0.457 e. The molecule has 6 nitrogen and oxygen atoms in total. The predicted octanol–water partition coefficient (Wildman–Crippen LogP) is 7.32. The number of carbonyl (C=O) groups excluding carboxylic acids is 1. The Kier molecular flexibility index (Phi) is 6.67.